The van der Waals surface area contributed by atoms with Crippen LogP contribution >= 0.6 is 11.3 Å². The van der Waals surface area contributed by atoms with Crippen LogP contribution in [0.25, 0.3) is 27.1 Å². The van der Waals surface area contributed by atoms with E-state index in [0.717, 1.165) is 37.6 Å². The molecule has 0 fully saturated rings. The summed E-state index contributed by atoms with van der Waals surface area (Å²) in [6.07, 6.45) is 7.40. The Kier molecular flexibility index (Phi) is 3.43. The summed E-state index contributed by atoms with van der Waals surface area (Å²) < 4.78 is 1.94. The molecule has 0 saturated heterocycles. The second-order valence-corrected chi connectivity index (χ2v) is 7.87. The summed E-state index contributed by atoms with van der Waals surface area (Å²) in [6.45, 7) is 3.79. The molecule has 0 bridgehead atoms. The molecule has 6 nitrogen and oxygen atoms in total. The fraction of sp³-hybridized carbons (Fsp3) is 0.150. The summed E-state index contributed by atoms with van der Waals surface area (Å²) in [5.41, 5.74) is 3.29. The molecule has 0 aliphatic carbocycles. The van der Waals surface area contributed by atoms with Gasteiger partial charge in [0.15, 0.2) is 0 Å². The topological polar surface area (TPSA) is 79.1 Å². The van der Waals surface area contributed by atoms with E-state index >= 15 is 0 Å². The minimum absolute atomic E-state index is 0.602. The molecule has 27 heavy (non-hydrogen) atoms. The van der Waals surface area contributed by atoms with E-state index in [9.17, 15) is 5.11 Å². The minimum atomic E-state index is -1.22. The molecule has 4 heterocycles. The zero-order valence-electron chi connectivity index (χ0n) is 14.8. The highest BCUT2D eigenvalue weighted by Gasteiger charge is 2.31. The fourth-order valence-corrected chi connectivity index (χ4v) is 4.25. The third-order valence-corrected chi connectivity index (χ3v) is 6.04. The average molecular weight is 375 g/mol. The summed E-state index contributed by atoms with van der Waals surface area (Å²) >= 11 is 1.47. The van der Waals surface area contributed by atoms with Crippen molar-refractivity contribution < 1.29 is 5.11 Å². The van der Waals surface area contributed by atoms with Crippen LogP contribution < -0.4 is 0 Å². The lowest BCUT2D eigenvalue weighted by molar-refractivity contribution is 0.102. The lowest BCUT2D eigenvalue weighted by Gasteiger charge is -2.18. The number of nitrogens with zero attached hydrogens (tertiary/aromatic N) is 4. The van der Waals surface area contributed by atoms with E-state index in [-0.39, 0.29) is 0 Å². The van der Waals surface area contributed by atoms with Crippen molar-refractivity contribution in [2.75, 3.05) is 0 Å². The molecular weight excluding hydrogens is 358 g/mol. The van der Waals surface area contributed by atoms with Gasteiger partial charge in [-0.1, -0.05) is 18.2 Å². The largest absolute Gasteiger partial charge is 0.378 e. The Morgan fingerprint density at radius 3 is 2.93 bits per heavy atom. The van der Waals surface area contributed by atoms with Crippen molar-refractivity contribution in [3.05, 3.63) is 71.3 Å². The maximum Gasteiger partial charge on any atom is 0.141 e. The quantitative estimate of drug-likeness (QED) is 0.501. The van der Waals surface area contributed by atoms with Crippen molar-refractivity contribution >= 4 is 27.9 Å². The van der Waals surface area contributed by atoms with Crippen LogP contribution in [-0.2, 0) is 5.60 Å². The Balaban J connectivity index is 1.58. The standard InChI is InChI=1S/C20H17N5OS/c1-12-6-7-18-23-16(11-25(18)10-12)20(2,26)17-9-21-19(27-17)13-4-3-5-15-14(13)8-22-24-15/h3-11,26H,1-2H3,(H,22,24). The number of thiazole rings is 1. The van der Waals surface area contributed by atoms with E-state index in [4.69, 9.17) is 0 Å². The lowest BCUT2D eigenvalue weighted by atomic mass is 10.0. The number of fused-ring (bicyclic) bond motifs is 2. The molecular formula is C20H17N5OS. The Morgan fingerprint density at radius 2 is 2.04 bits per heavy atom. The maximum absolute atomic E-state index is 11.2. The summed E-state index contributed by atoms with van der Waals surface area (Å²) in [6, 6.07) is 9.93. The van der Waals surface area contributed by atoms with Crippen LogP contribution in [0.15, 0.2) is 55.1 Å². The number of H-pyrrole nitrogens is 1. The minimum Gasteiger partial charge on any atom is -0.378 e. The molecule has 0 spiro atoms. The fourth-order valence-electron chi connectivity index (χ4n) is 3.24. The second-order valence-electron chi connectivity index (χ2n) is 6.84. The number of benzene rings is 1. The van der Waals surface area contributed by atoms with Crippen molar-refractivity contribution in [1.29, 1.82) is 0 Å². The molecule has 0 aliphatic heterocycles. The van der Waals surface area contributed by atoms with Gasteiger partial charge in [0.1, 0.15) is 16.3 Å². The number of imidazole rings is 1. The van der Waals surface area contributed by atoms with Crippen LogP contribution in [0.3, 0.4) is 0 Å². The predicted octanol–water partition coefficient (Wildman–Crippen LogP) is 3.90. The zero-order valence-corrected chi connectivity index (χ0v) is 15.7. The van der Waals surface area contributed by atoms with Gasteiger partial charge in [0.25, 0.3) is 0 Å². The molecule has 0 radical (unpaired) electrons. The molecule has 1 atom stereocenters. The number of rotatable bonds is 3. The van der Waals surface area contributed by atoms with Gasteiger partial charge in [-0.15, -0.1) is 11.3 Å². The first kappa shape index (κ1) is 16.2. The highest BCUT2D eigenvalue weighted by atomic mass is 32.1. The van der Waals surface area contributed by atoms with Gasteiger partial charge in [-0.05, 0) is 31.5 Å². The molecule has 1 unspecified atom stereocenters. The number of aromatic amines is 1. The number of hydrogen-bond donors (Lipinski definition) is 2. The van der Waals surface area contributed by atoms with Gasteiger partial charge in [-0.3, -0.25) is 5.10 Å². The lowest BCUT2D eigenvalue weighted by Crippen LogP contribution is -2.21. The van der Waals surface area contributed by atoms with Crippen molar-refractivity contribution in [2.24, 2.45) is 0 Å². The summed E-state index contributed by atoms with van der Waals surface area (Å²) in [5.74, 6) is 0. The van der Waals surface area contributed by atoms with Crippen LogP contribution in [0.1, 0.15) is 23.1 Å². The van der Waals surface area contributed by atoms with Gasteiger partial charge in [0.2, 0.25) is 0 Å². The van der Waals surface area contributed by atoms with Gasteiger partial charge >= 0.3 is 0 Å². The van der Waals surface area contributed by atoms with Crippen molar-refractivity contribution in [2.45, 2.75) is 19.4 Å². The van der Waals surface area contributed by atoms with Crippen molar-refractivity contribution in [3.8, 4) is 10.6 Å². The smallest absolute Gasteiger partial charge is 0.141 e. The molecule has 0 amide bonds. The maximum atomic E-state index is 11.2. The highest BCUT2D eigenvalue weighted by molar-refractivity contribution is 7.15. The average Bonchev–Trinajstić information content (AvgIpc) is 3.39. The summed E-state index contributed by atoms with van der Waals surface area (Å²) in [4.78, 5) is 9.91. The van der Waals surface area contributed by atoms with Gasteiger partial charge in [0, 0.05) is 29.5 Å². The predicted molar refractivity (Wildman–Crippen MR) is 106 cm³/mol. The van der Waals surface area contributed by atoms with Crippen LogP contribution in [-0.4, -0.2) is 29.7 Å². The molecule has 4 aromatic heterocycles. The zero-order chi connectivity index (χ0) is 18.6. The number of aromatic nitrogens is 5. The molecule has 5 rings (SSSR count). The third-order valence-electron chi connectivity index (χ3n) is 4.80. The van der Waals surface area contributed by atoms with E-state index < -0.39 is 5.60 Å². The van der Waals surface area contributed by atoms with E-state index in [2.05, 4.69) is 20.2 Å². The second kappa shape index (κ2) is 5.73. The number of aryl methyl sites for hydroxylation is 1. The van der Waals surface area contributed by atoms with Crippen LogP contribution in [0.4, 0.5) is 0 Å². The molecule has 1 aromatic carbocycles. The van der Waals surface area contributed by atoms with Crippen molar-refractivity contribution in [1.82, 2.24) is 24.6 Å². The number of hydrogen-bond acceptors (Lipinski definition) is 5. The normalized spacial score (nSPS) is 14.0. The number of aliphatic hydroxyl groups is 1. The SMILES string of the molecule is Cc1ccc2nc(C(C)(O)c3cnc(-c4cccc5[nH]ncc45)s3)cn2c1. The highest BCUT2D eigenvalue weighted by Crippen LogP contribution is 2.37. The molecule has 5 aromatic rings. The number of nitrogens with one attached hydrogen (secondary N) is 1. The summed E-state index contributed by atoms with van der Waals surface area (Å²) in [5, 5.41) is 20.2. The molecule has 0 aliphatic rings. The van der Waals surface area contributed by atoms with Crippen LogP contribution in [0.5, 0.6) is 0 Å². The van der Waals surface area contributed by atoms with Crippen LogP contribution in [0.2, 0.25) is 0 Å². The monoisotopic (exact) mass is 375 g/mol. The van der Waals surface area contributed by atoms with Gasteiger partial charge in [0.05, 0.1) is 22.3 Å². The molecule has 7 heteroatoms. The molecule has 2 N–H and O–H groups in total. The van der Waals surface area contributed by atoms with E-state index in [1.54, 1.807) is 19.3 Å². The summed E-state index contributed by atoms with van der Waals surface area (Å²) in [7, 11) is 0. The molecule has 134 valence electrons. The first-order valence-electron chi connectivity index (χ1n) is 8.59. The Hall–Kier alpha value is -3.03. The third kappa shape index (κ3) is 2.55. The number of pyridine rings is 1. The Morgan fingerprint density at radius 1 is 1.15 bits per heavy atom. The van der Waals surface area contributed by atoms with E-state index in [0.29, 0.717) is 5.69 Å². The Labute approximate surface area is 159 Å². The van der Waals surface area contributed by atoms with Crippen LogP contribution in [0, 0.1) is 6.92 Å². The van der Waals surface area contributed by atoms with Gasteiger partial charge < -0.3 is 9.51 Å². The Bertz CT molecular complexity index is 1280. The first-order valence-corrected chi connectivity index (χ1v) is 9.41. The van der Waals surface area contributed by atoms with E-state index in [1.165, 1.54) is 11.3 Å². The first-order chi connectivity index (χ1) is 13.0. The van der Waals surface area contributed by atoms with Gasteiger partial charge in [-0.25, -0.2) is 9.97 Å². The van der Waals surface area contributed by atoms with Gasteiger partial charge in [-0.2, -0.15) is 5.10 Å². The molecule has 0 saturated carbocycles. The van der Waals surface area contributed by atoms with E-state index in [1.807, 2.05) is 54.0 Å². The van der Waals surface area contributed by atoms with Crippen molar-refractivity contribution in [3.63, 3.8) is 0 Å².